The van der Waals surface area contributed by atoms with Gasteiger partial charge in [0.2, 0.25) is 5.79 Å². The predicted octanol–water partition coefficient (Wildman–Crippen LogP) is 3.29. The molecule has 6 fully saturated rings. The van der Waals surface area contributed by atoms with Crippen LogP contribution in [0.3, 0.4) is 0 Å². The average Bonchev–Trinajstić information content (AvgIpc) is 2.92. The Bertz CT molecular complexity index is 1170. The topological polar surface area (TPSA) is 125 Å². The van der Waals surface area contributed by atoms with Crippen molar-refractivity contribution < 1.29 is 34.4 Å². The minimum absolute atomic E-state index is 0.0219. The summed E-state index contributed by atoms with van der Waals surface area (Å²) in [5.74, 6) is -4.32. The summed E-state index contributed by atoms with van der Waals surface area (Å²) in [4.78, 5) is 27.1. The van der Waals surface area contributed by atoms with Crippen LogP contribution in [-0.2, 0) is 14.3 Å². The molecule has 36 heavy (non-hydrogen) atoms. The quantitative estimate of drug-likeness (QED) is 0.443. The van der Waals surface area contributed by atoms with E-state index in [1.807, 2.05) is 13.8 Å². The normalized spacial score (nSPS) is 46.2. The van der Waals surface area contributed by atoms with Crippen molar-refractivity contribution in [2.75, 3.05) is 11.9 Å². The lowest BCUT2D eigenvalue weighted by molar-refractivity contribution is -0.457. The number of ketones is 1. The molecule has 2 heterocycles. The zero-order chi connectivity index (χ0) is 25.8. The van der Waals surface area contributed by atoms with Crippen molar-refractivity contribution in [1.82, 2.24) is 0 Å². The Morgan fingerprint density at radius 2 is 2.00 bits per heavy atom. The molecule has 7 rings (SSSR count). The van der Waals surface area contributed by atoms with Gasteiger partial charge in [-0.25, -0.2) is 4.79 Å². The van der Waals surface area contributed by atoms with E-state index in [9.17, 15) is 24.9 Å². The Kier molecular flexibility index (Phi) is 5.11. The number of aliphatic hydroxyl groups excluding tert-OH is 2. The fourth-order valence-electron chi connectivity index (χ4n) is 8.87. The minimum Gasteiger partial charge on any atom is -0.444 e. The van der Waals surface area contributed by atoms with E-state index in [-0.39, 0.29) is 12.2 Å². The Morgan fingerprint density at radius 1 is 1.25 bits per heavy atom. The first kappa shape index (κ1) is 24.4. The summed E-state index contributed by atoms with van der Waals surface area (Å²) in [7, 11) is 0. The molecule has 2 saturated heterocycles. The van der Waals surface area contributed by atoms with E-state index in [0.717, 1.165) is 0 Å². The van der Waals surface area contributed by atoms with Gasteiger partial charge in [0.15, 0.2) is 5.78 Å². The van der Waals surface area contributed by atoms with Gasteiger partial charge in [-0.05, 0) is 60.8 Å². The number of aliphatic hydroxyl groups is 3. The molecule has 4 aliphatic carbocycles. The molecule has 8 nitrogen and oxygen atoms in total. The standard InChI is InChI=1S/C27H32ClNO7/c1-13-16-7-8-17-25-12-35-27(34,21(32)19(25)24(2,3)10-9-18(25)30)26(17,20(13)31)22(16)36-23(33)29-15-6-4-5-14(28)11-15/h4-6,11,16-19,21-22,30,32,34H,1,7-10,12H2,2-3H3,(H,29,33)/t16-,17?,18-,19+,21-,22+,25+,26-,27?/m0/s1. The number of ether oxygens (including phenoxy) is 2. The number of hydrogen-bond donors (Lipinski definition) is 4. The van der Waals surface area contributed by atoms with Crippen LogP contribution in [0.2, 0.25) is 5.02 Å². The monoisotopic (exact) mass is 517 g/mol. The van der Waals surface area contributed by atoms with Crippen LogP contribution in [0.15, 0.2) is 36.4 Å². The first-order valence-corrected chi connectivity index (χ1v) is 13.0. The first-order valence-electron chi connectivity index (χ1n) is 12.6. The lowest BCUT2D eigenvalue weighted by Gasteiger charge is -2.74. The largest absolute Gasteiger partial charge is 0.444 e. The van der Waals surface area contributed by atoms with Crippen LogP contribution in [0.4, 0.5) is 10.5 Å². The van der Waals surface area contributed by atoms with Gasteiger partial charge in [-0.2, -0.15) is 0 Å². The van der Waals surface area contributed by atoms with E-state index in [1.165, 1.54) is 0 Å². The molecular weight excluding hydrogens is 486 g/mol. The highest BCUT2D eigenvalue weighted by molar-refractivity contribution is 6.30. The number of anilines is 1. The second-order valence-corrected chi connectivity index (χ2v) is 12.4. The highest BCUT2D eigenvalue weighted by atomic mass is 35.5. The number of hydrogen-bond acceptors (Lipinski definition) is 7. The summed E-state index contributed by atoms with van der Waals surface area (Å²) < 4.78 is 12.0. The summed E-state index contributed by atoms with van der Waals surface area (Å²) in [6, 6.07) is 6.57. The van der Waals surface area contributed by atoms with Crippen LogP contribution in [0.25, 0.3) is 0 Å². The maximum atomic E-state index is 14.1. The van der Waals surface area contributed by atoms with Gasteiger partial charge < -0.3 is 24.8 Å². The highest BCUT2D eigenvalue weighted by Crippen LogP contribution is 2.76. The van der Waals surface area contributed by atoms with Gasteiger partial charge in [-0.1, -0.05) is 38.1 Å². The van der Waals surface area contributed by atoms with Gasteiger partial charge in [-0.3, -0.25) is 10.1 Å². The third kappa shape index (κ3) is 2.69. The summed E-state index contributed by atoms with van der Waals surface area (Å²) in [5, 5.41) is 38.5. The molecule has 2 spiro atoms. The SMILES string of the molecule is C=C1C(=O)[C@@]23C(CC[C@@H]1[C@H]2OC(=O)Nc1cccc(Cl)c1)[C@@]12COC3(O)[C@@H](O)[C@@H]1C(C)(C)CC[C@@H]2O. The number of halogens is 1. The van der Waals surface area contributed by atoms with E-state index in [2.05, 4.69) is 11.9 Å². The second kappa shape index (κ2) is 7.54. The summed E-state index contributed by atoms with van der Waals surface area (Å²) in [5.41, 5.74) is -2.47. The van der Waals surface area contributed by atoms with Crippen molar-refractivity contribution in [3.63, 3.8) is 0 Å². The molecule has 1 aromatic carbocycles. The van der Waals surface area contributed by atoms with Crippen molar-refractivity contribution in [1.29, 1.82) is 0 Å². The molecule has 9 atom stereocenters. The minimum atomic E-state index is -2.28. The Balaban J connectivity index is 1.46. The Morgan fingerprint density at radius 3 is 2.72 bits per heavy atom. The second-order valence-electron chi connectivity index (χ2n) is 12.0. The zero-order valence-electron chi connectivity index (χ0n) is 20.4. The lowest BCUT2D eigenvalue weighted by Crippen LogP contribution is -2.85. The highest BCUT2D eigenvalue weighted by Gasteiger charge is 2.87. The molecule has 4 N–H and O–H groups in total. The number of fused-ring (bicyclic) bond motifs is 2. The zero-order valence-corrected chi connectivity index (χ0v) is 21.1. The first-order chi connectivity index (χ1) is 16.9. The number of rotatable bonds is 2. The Labute approximate surface area is 214 Å². The molecule has 2 aliphatic heterocycles. The van der Waals surface area contributed by atoms with Gasteiger partial charge in [0.25, 0.3) is 0 Å². The fraction of sp³-hybridized carbons (Fsp3) is 0.630. The number of nitrogens with one attached hydrogen (secondary N) is 1. The van der Waals surface area contributed by atoms with Crippen molar-refractivity contribution in [3.8, 4) is 0 Å². The molecule has 194 valence electrons. The molecule has 9 heteroatoms. The van der Waals surface area contributed by atoms with Crippen molar-refractivity contribution in [2.24, 2.45) is 34.0 Å². The number of carbonyl (C=O) groups is 2. The molecule has 4 saturated carbocycles. The van der Waals surface area contributed by atoms with Gasteiger partial charge in [0.1, 0.15) is 17.6 Å². The van der Waals surface area contributed by atoms with Crippen LogP contribution in [0.1, 0.15) is 39.5 Å². The molecule has 0 radical (unpaired) electrons. The number of benzene rings is 1. The van der Waals surface area contributed by atoms with E-state index >= 15 is 0 Å². The van der Waals surface area contributed by atoms with Crippen LogP contribution in [-0.4, -0.2) is 57.9 Å². The molecule has 4 bridgehead atoms. The summed E-state index contributed by atoms with van der Waals surface area (Å²) in [6.07, 6.45) is -2.02. The predicted molar refractivity (Wildman–Crippen MR) is 130 cm³/mol. The van der Waals surface area contributed by atoms with Crippen LogP contribution in [0, 0.1) is 34.0 Å². The van der Waals surface area contributed by atoms with Crippen LogP contribution >= 0.6 is 11.6 Å². The summed E-state index contributed by atoms with van der Waals surface area (Å²) in [6.45, 7) is 8.09. The van der Waals surface area contributed by atoms with Gasteiger partial charge >= 0.3 is 6.09 Å². The molecular formula is C27H32ClNO7. The van der Waals surface area contributed by atoms with Crippen LogP contribution in [0.5, 0.6) is 0 Å². The maximum Gasteiger partial charge on any atom is 0.411 e. The third-order valence-corrected chi connectivity index (χ3v) is 10.4. The van der Waals surface area contributed by atoms with E-state index in [4.69, 9.17) is 21.1 Å². The van der Waals surface area contributed by atoms with Crippen molar-refractivity contribution in [2.45, 2.75) is 63.6 Å². The van der Waals surface area contributed by atoms with E-state index < -0.39 is 70.0 Å². The van der Waals surface area contributed by atoms with Crippen molar-refractivity contribution in [3.05, 3.63) is 41.4 Å². The smallest absolute Gasteiger partial charge is 0.411 e. The lowest BCUT2D eigenvalue weighted by atomic mass is 9.35. The molecule has 6 aliphatic rings. The molecule has 1 amide bonds. The number of Topliss-reactive ketones (excluding diaryl/α,β-unsaturated/α-hetero) is 1. The summed E-state index contributed by atoms with van der Waals surface area (Å²) >= 11 is 6.03. The van der Waals surface area contributed by atoms with Crippen molar-refractivity contribution >= 4 is 29.2 Å². The third-order valence-electron chi connectivity index (χ3n) is 10.2. The average molecular weight is 518 g/mol. The Hall–Kier alpha value is -1.97. The van der Waals surface area contributed by atoms with Gasteiger partial charge in [-0.15, -0.1) is 0 Å². The fourth-order valence-corrected chi connectivity index (χ4v) is 9.06. The number of amides is 1. The molecule has 2 unspecified atom stereocenters. The van der Waals surface area contributed by atoms with E-state index in [0.29, 0.717) is 36.4 Å². The van der Waals surface area contributed by atoms with Crippen LogP contribution < -0.4 is 5.32 Å². The molecule has 1 aromatic rings. The maximum absolute atomic E-state index is 14.1. The van der Waals surface area contributed by atoms with Gasteiger partial charge in [0.05, 0.1) is 12.7 Å². The molecule has 0 aromatic heterocycles. The van der Waals surface area contributed by atoms with E-state index in [1.54, 1.807) is 24.3 Å². The van der Waals surface area contributed by atoms with Gasteiger partial charge in [0, 0.05) is 28.0 Å². The number of carbonyl (C=O) groups excluding carboxylic acids is 2.